The van der Waals surface area contributed by atoms with Crippen LogP contribution in [0.1, 0.15) is 30.3 Å². The van der Waals surface area contributed by atoms with Crippen LogP contribution in [0, 0.1) is 5.82 Å². The van der Waals surface area contributed by atoms with Crippen molar-refractivity contribution in [2.45, 2.75) is 30.5 Å². The van der Waals surface area contributed by atoms with Crippen molar-refractivity contribution in [1.29, 1.82) is 0 Å². The fourth-order valence-corrected chi connectivity index (χ4v) is 3.58. The third-order valence-electron chi connectivity index (χ3n) is 4.12. The summed E-state index contributed by atoms with van der Waals surface area (Å²) >= 11 is 7.10. The molecule has 1 aliphatic carbocycles. The van der Waals surface area contributed by atoms with Crippen molar-refractivity contribution in [3.63, 3.8) is 0 Å². The van der Waals surface area contributed by atoms with Crippen LogP contribution in [0.25, 0.3) is 0 Å². The average Bonchev–Trinajstić information content (AvgIpc) is 3.21. The summed E-state index contributed by atoms with van der Waals surface area (Å²) in [6.45, 7) is 0.513. The predicted molar refractivity (Wildman–Crippen MR) is 101 cm³/mol. The molecule has 2 aromatic heterocycles. The van der Waals surface area contributed by atoms with Gasteiger partial charge in [-0.25, -0.2) is 4.39 Å². The summed E-state index contributed by atoms with van der Waals surface area (Å²) in [5.41, 5.74) is 0.0591. The maximum atomic E-state index is 13.8. The van der Waals surface area contributed by atoms with Gasteiger partial charge < -0.3 is 9.73 Å². The van der Waals surface area contributed by atoms with Gasteiger partial charge in [-0.3, -0.25) is 9.36 Å². The molecule has 2 heterocycles. The lowest BCUT2D eigenvalue weighted by atomic mass is 10.3. The fraction of sp³-hybridized carbons (Fsp3) is 0.278. The molecule has 3 aromatic rings. The standard InChI is InChI=1S/C18H16ClFN4O2S/c19-12-5-6-14(20)15(8-12)21-16(25)10-27-18-23-22-17(11-3-4-11)24(18)9-13-2-1-7-26-13/h1-2,5-8,11H,3-4,9-10H2,(H,21,25). The van der Waals surface area contributed by atoms with Crippen molar-refractivity contribution < 1.29 is 13.6 Å². The number of furan rings is 1. The molecule has 1 fully saturated rings. The van der Waals surface area contributed by atoms with E-state index in [1.165, 1.54) is 30.0 Å². The second-order valence-electron chi connectivity index (χ2n) is 6.24. The second-order valence-corrected chi connectivity index (χ2v) is 7.62. The van der Waals surface area contributed by atoms with E-state index in [1.54, 1.807) is 6.26 Å². The molecule has 0 spiro atoms. The van der Waals surface area contributed by atoms with Gasteiger partial charge in [0.05, 0.1) is 24.2 Å². The Morgan fingerprint density at radius 3 is 2.96 bits per heavy atom. The summed E-state index contributed by atoms with van der Waals surface area (Å²) in [4.78, 5) is 12.2. The van der Waals surface area contributed by atoms with Gasteiger partial charge in [0.25, 0.3) is 0 Å². The monoisotopic (exact) mass is 406 g/mol. The van der Waals surface area contributed by atoms with Gasteiger partial charge in [-0.05, 0) is 43.2 Å². The Labute approximate surface area is 164 Å². The normalized spacial score (nSPS) is 13.7. The Hall–Kier alpha value is -2.32. The van der Waals surface area contributed by atoms with Gasteiger partial charge >= 0.3 is 0 Å². The molecule has 27 heavy (non-hydrogen) atoms. The number of aromatic nitrogens is 3. The van der Waals surface area contributed by atoms with E-state index >= 15 is 0 Å². The van der Waals surface area contributed by atoms with Crippen molar-refractivity contribution in [3.05, 3.63) is 59.0 Å². The molecule has 0 radical (unpaired) electrons. The molecular weight excluding hydrogens is 391 g/mol. The number of hydrogen-bond donors (Lipinski definition) is 1. The quantitative estimate of drug-likeness (QED) is 0.591. The van der Waals surface area contributed by atoms with Crippen LogP contribution in [0.3, 0.4) is 0 Å². The summed E-state index contributed by atoms with van der Waals surface area (Å²) in [7, 11) is 0. The fourth-order valence-electron chi connectivity index (χ4n) is 2.67. The number of hydrogen-bond acceptors (Lipinski definition) is 5. The first-order valence-corrected chi connectivity index (χ1v) is 9.79. The number of nitrogens with zero attached hydrogens (tertiary/aromatic N) is 3. The number of carbonyl (C=O) groups excluding carboxylic acids is 1. The van der Waals surface area contributed by atoms with Crippen molar-refractivity contribution in [3.8, 4) is 0 Å². The molecule has 0 atom stereocenters. The van der Waals surface area contributed by atoms with Crippen LogP contribution in [-0.4, -0.2) is 26.4 Å². The largest absolute Gasteiger partial charge is 0.467 e. The lowest BCUT2D eigenvalue weighted by Crippen LogP contribution is -2.16. The lowest BCUT2D eigenvalue weighted by molar-refractivity contribution is -0.113. The van der Waals surface area contributed by atoms with Gasteiger partial charge in [-0.2, -0.15) is 0 Å². The molecule has 9 heteroatoms. The van der Waals surface area contributed by atoms with Crippen LogP contribution < -0.4 is 5.32 Å². The Balaban J connectivity index is 1.44. The van der Waals surface area contributed by atoms with E-state index in [9.17, 15) is 9.18 Å². The molecular formula is C18H16ClFN4O2S. The van der Waals surface area contributed by atoms with Crippen LogP contribution >= 0.6 is 23.4 Å². The van der Waals surface area contributed by atoms with Crippen LogP contribution in [-0.2, 0) is 11.3 Å². The topological polar surface area (TPSA) is 73.0 Å². The predicted octanol–water partition coefficient (Wildman–Crippen LogP) is 4.32. The van der Waals surface area contributed by atoms with E-state index in [2.05, 4.69) is 15.5 Å². The van der Waals surface area contributed by atoms with Crippen molar-refractivity contribution >= 4 is 35.0 Å². The Morgan fingerprint density at radius 2 is 2.22 bits per heavy atom. The summed E-state index contributed by atoms with van der Waals surface area (Å²) < 4.78 is 21.2. The summed E-state index contributed by atoms with van der Waals surface area (Å²) in [6.07, 6.45) is 3.81. The van der Waals surface area contributed by atoms with E-state index in [0.717, 1.165) is 24.4 Å². The van der Waals surface area contributed by atoms with Crippen molar-refractivity contribution in [1.82, 2.24) is 14.8 Å². The van der Waals surface area contributed by atoms with Gasteiger partial charge in [0, 0.05) is 10.9 Å². The highest BCUT2D eigenvalue weighted by Crippen LogP contribution is 2.40. The minimum Gasteiger partial charge on any atom is -0.467 e. The van der Waals surface area contributed by atoms with E-state index in [4.69, 9.17) is 16.0 Å². The molecule has 6 nitrogen and oxygen atoms in total. The van der Waals surface area contributed by atoms with Gasteiger partial charge in [0.2, 0.25) is 5.91 Å². The summed E-state index contributed by atoms with van der Waals surface area (Å²) in [5, 5.41) is 12.0. The first-order chi connectivity index (χ1) is 13.1. The summed E-state index contributed by atoms with van der Waals surface area (Å²) in [5.74, 6) is 1.32. The number of thioether (sulfide) groups is 1. The summed E-state index contributed by atoms with van der Waals surface area (Å²) in [6, 6.07) is 7.74. The lowest BCUT2D eigenvalue weighted by Gasteiger charge is -2.09. The molecule has 1 aliphatic rings. The first-order valence-electron chi connectivity index (χ1n) is 8.43. The Morgan fingerprint density at radius 1 is 1.37 bits per heavy atom. The van der Waals surface area contributed by atoms with Gasteiger partial charge in [-0.1, -0.05) is 23.4 Å². The maximum Gasteiger partial charge on any atom is 0.234 e. The van der Waals surface area contributed by atoms with Crippen LogP contribution in [0.4, 0.5) is 10.1 Å². The molecule has 0 unspecified atom stereocenters. The zero-order valence-electron chi connectivity index (χ0n) is 14.2. The highest BCUT2D eigenvalue weighted by atomic mass is 35.5. The molecule has 1 aromatic carbocycles. The van der Waals surface area contributed by atoms with Crippen molar-refractivity contribution in [2.24, 2.45) is 0 Å². The van der Waals surface area contributed by atoms with Gasteiger partial charge in [0.1, 0.15) is 17.4 Å². The molecule has 1 N–H and O–H groups in total. The second kappa shape index (κ2) is 7.74. The zero-order valence-corrected chi connectivity index (χ0v) is 15.8. The number of benzene rings is 1. The van der Waals surface area contributed by atoms with E-state index in [-0.39, 0.29) is 17.3 Å². The highest BCUT2D eigenvalue weighted by Gasteiger charge is 2.30. The van der Waals surface area contributed by atoms with Crippen LogP contribution in [0.5, 0.6) is 0 Å². The SMILES string of the molecule is O=C(CSc1nnc(C2CC2)n1Cc1ccco1)Nc1cc(Cl)ccc1F. The van der Waals surface area contributed by atoms with E-state index in [0.29, 0.717) is 22.6 Å². The minimum atomic E-state index is -0.533. The molecule has 1 amide bonds. The minimum absolute atomic E-state index is 0.0591. The third kappa shape index (κ3) is 4.33. The number of halogens is 2. The molecule has 140 valence electrons. The number of carbonyl (C=O) groups is 1. The molecule has 0 aliphatic heterocycles. The molecule has 1 saturated carbocycles. The van der Waals surface area contributed by atoms with E-state index < -0.39 is 5.82 Å². The van der Waals surface area contributed by atoms with Gasteiger partial charge in [0.15, 0.2) is 5.16 Å². The molecule has 0 saturated heterocycles. The molecule has 0 bridgehead atoms. The highest BCUT2D eigenvalue weighted by molar-refractivity contribution is 7.99. The van der Waals surface area contributed by atoms with E-state index in [1.807, 2.05) is 16.7 Å². The first kappa shape index (κ1) is 18.1. The smallest absolute Gasteiger partial charge is 0.234 e. The number of rotatable bonds is 7. The third-order valence-corrected chi connectivity index (χ3v) is 5.32. The maximum absolute atomic E-state index is 13.8. The van der Waals surface area contributed by atoms with Crippen molar-refractivity contribution in [2.75, 3.05) is 11.1 Å². The van der Waals surface area contributed by atoms with Gasteiger partial charge in [-0.15, -0.1) is 10.2 Å². The average molecular weight is 407 g/mol. The zero-order chi connectivity index (χ0) is 18.8. The van der Waals surface area contributed by atoms with Crippen LogP contribution in [0.15, 0.2) is 46.2 Å². The number of amides is 1. The number of anilines is 1. The number of nitrogens with one attached hydrogen (secondary N) is 1. The Kier molecular flexibility index (Phi) is 5.18. The van der Waals surface area contributed by atoms with Crippen LogP contribution in [0.2, 0.25) is 5.02 Å². The molecule has 4 rings (SSSR count). The Bertz CT molecular complexity index is 956.